The topological polar surface area (TPSA) is 230 Å². The Morgan fingerprint density at radius 1 is 0.822 bits per heavy atom. The SMILES string of the molecule is CC(O)COCC(C)OC(=O)C1(O)C[C@@H](OC(=O)/C=C/c2ccc(O)c(O)c2)C(O)[C@H](OC(=O)/C=C/c2ccc(O)c(O)c2)C1. The van der Waals surface area contributed by atoms with Crippen molar-refractivity contribution < 1.29 is 69.1 Å². The molecule has 2 aromatic carbocycles. The number of aromatic hydroxyl groups is 4. The van der Waals surface area contributed by atoms with Crippen molar-refractivity contribution in [1.82, 2.24) is 0 Å². The van der Waals surface area contributed by atoms with Crippen LogP contribution in [0.2, 0.25) is 0 Å². The van der Waals surface area contributed by atoms with Crippen LogP contribution in [0.4, 0.5) is 0 Å². The first-order chi connectivity index (χ1) is 21.2. The highest BCUT2D eigenvalue weighted by Gasteiger charge is 2.53. The van der Waals surface area contributed by atoms with E-state index >= 15 is 0 Å². The Kier molecular flexibility index (Phi) is 11.9. The van der Waals surface area contributed by atoms with Gasteiger partial charge in [-0.25, -0.2) is 14.4 Å². The molecule has 0 bridgehead atoms. The van der Waals surface area contributed by atoms with Gasteiger partial charge in [-0.2, -0.15) is 0 Å². The lowest BCUT2D eigenvalue weighted by Gasteiger charge is -2.41. The maximum absolute atomic E-state index is 13.1. The van der Waals surface area contributed by atoms with Crippen LogP contribution >= 0.6 is 0 Å². The van der Waals surface area contributed by atoms with Crippen LogP contribution in [0.5, 0.6) is 23.0 Å². The lowest BCUT2D eigenvalue weighted by Crippen LogP contribution is -2.58. The molecule has 0 spiro atoms. The first-order valence-electron chi connectivity index (χ1n) is 13.9. The van der Waals surface area contributed by atoms with Crippen LogP contribution in [0.15, 0.2) is 48.6 Å². The van der Waals surface area contributed by atoms with Crippen molar-refractivity contribution in [2.45, 2.75) is 62.8 Å². The molecule has 3 rings (SSSR count). The van der Waals surface area contributed by atoms with Gasteiger partial charge in [0.2, 0.25) is 0 Å². The molecule has 7 N–H and O–H groups in total. The van der Waals surface area contributed by atoms with Crippen LogP contribution in [-0.4, -0.2) is 103 Å². The summed E-state index contributed by atoms with van der Waals surface area (Å²) in [5, 5.41) is 69.8. The second-order valence-electron chi connectivity index (χ2n) is 10.6. The summed E-state index contributed by atoms with van der Waals surface area (Å²) in [5.74, 6) is -4.78. The number of ether oxygens (including phenoxy) is 4. The summed E-state index contributed by atoms with van der Waals surface area (Å²) < 4.78 is 21.2. The molecule has 2 unspecified atom stereocenters. The normalized spacial score (nSPS) is 23.0. The third-order valence-electron chi connectivity index (χ3n) is 6.60. The molecular weight excluding hydrogens is 596 g/mol. The second kappa shape index (κ2) is 15.4. The monoisotopic (exact) mass is 632 g/mol. The maximum Gasteiger partial charge on any atom is 0.338 e. The van der Waals surface area contributed by atoms with E-state index in [4.69, 9.17) is 18.9 Å². The number of aliphatic hydroxyl groups excluding tert-OH is 2. The zero-order chi connectivity index (χ0) is 33.3. The zero-order valence-corrected chi connectivity index (χ0v) is 24.5. The van der Waals surface area contributed by atoms with Crippen LogP contribution in [-0.2, 0) is 33.3 Å². The Bertz CT molecular complexity index is 1330. The van der Waals surface area contributed by atoms with E-state index in [1.807, 2.05) is 0 Å². The Labute approximate surface area is 258 Å². The fourth-order valence-corrected chi connectivity index (χ4v) is 4.34. The average Bonchev–Trinajstić information content (AvgIpc) is 2.96. The van der Waals surface area contributed by atoms with E-state index in [0.29, 0.717) is 11.1 Å². The molecule has 4 atom stereocenters. The quantitative estimate of drug-likeness (QED) is 0.0757. The third-order valence-corrected chi connectivity index (χ3v) is 6.60. The molecule has 14 heteroatoms. The lowest BCUT2D eigenvalue weighted by atomic mass is 9.79. The summed E-state index contributed by atoms with van der Waals surface area (Å²) in [5.41, 5.74) is -1.75. The summed E-state index contributed by atoms with van der Waals surface area (Å²) in [7, 11) is 0. The fourth-order valence-electron chi connectivity index (χ4n) is 4.34. The van der Waals surface area contributed by atoms with Gasteiger partial charge in [-0.05, 0) is 61.4 Å². The number of rotatable bonds is 12. The van der Waals surface area contributed by atoms with Crippen molar-refractivity contribution in [1.29, 1.82) is 0 Å². The molecule has 0 saturated heterocycles. The van der Waals surface area contributed by atoms with E-state index in [0.717, 1.165) is 12.2 Å². The van der Waals surface area contributed by atoms with Gasteiger partial charge in [0.15, 0.2) is 28.6 Å². The van der Waals surface area contributed by atoms with Crippen LogP contribution in [0.3, 0.4) is 0 Å². The minimum atomic E-state index is -2.38. The van der Waals surface area contributed by atoms with Crippen LogP contribution in [0.25, 0.3) is 12.2 Å². The molecule has 0 heterocycles. The average molecular weight is 633 g/mol. The van der Waals surface area contributed by atoms with Crippen LogP contribution < -0.4 is 0 Å². The fraction of sp³-hybridized carbons (Fsp3) is 0.387. The van der Waals surface area contributed by atoms with Gasteiger partial charge in [-0.15, -0.1) is 0 Å². The number of carbonyl (C=O) groups excluding carboxylic acids is 3. The van der Waals surface area contributed by atoms with Gasteiger partial charge in [-0.3, -0.25) is 0 Å². The number of carbonyl (C=O) groups is 3. The van der Waals surface area contributed by atoms with E-state index < -0.39 is 78.4 Å². The van der Waals surface area contributed by atoms with E-state index in [1.165, 1.54) is 62.4 Å². The Morgan fingerprint density at radius 2 is 1.29 bits per heavy atom. The summed E-state index contributed by atoms with van der Waals surface area (Å²) >= 11 is 0. The van der Waals surface area contributed by atoms with Gasteiger partial charge < -0.3 is 54.7 Å². The highest BCUT2D eigenvalue weighted by Crippen LogP contribution is 2.35. The van der Waals surface area contributed by atoms with E-state index in [-0.39, 0.29) is 24.7 Å². The number of benzene rings is 2. The molecule has 1 aliphatic carbocycles. The number of esters is 3. The van der Waals surface area contributed by atoms with E-state index in [1.54, 1.807) is 0 Å². The lowest BCUT2D eigenvalue weighted by molar-refractivity contribution is -0.209. The minimum Gasteiger partial charge on any atom is -0.504 e. The summed E-state index contributed by atoms with van der Waals surface area (Å²) in [4.78, 5) is 38.3. The molecule has 0 radical (unpaired) electrons. The molecule has 0 amide bonds. The van der Waals surface area contributed by atoms with Gasteiger partial charge in [0.05, 0.1) is 19.3 Å². The first kappa shape index (κ1) is 34.9. The minimum absolute atomic E-state index is 0.0248. The zero-order valence-electron chi connectivity index (χ0n) is 24.5. The first-order valence-corrected chi connectivity index (χ1v) is 13.9. The van der Waals surface area contributed by atoms with Gasteiger partial charge in [-0.1, -0.05) is 12.1 Å². The number of aliphatic hydroxyl groups is 3. The number of phenolic OH excluding ortho intramolecular Hbond substituents is 4. The molecule has 244 valence electrons. The predicted octanol–water partition coefficient (Wildman–Crippen LogP) is 1.27. The highest BCUT2D eigenvalue weighted by atomic mass is 16.6. The standard InChI is InChI=1S/C31H36O14/c1-17(32)15-42-16-18(2)43-30(40)31(41)13-25(44-27(37)9-5-19-3-7-21(33)23(35)11-19)29(39)26(14-31)45-28(38)10-6-20-4-8-22(34)24(36)12-20/h3-12,17-18,25-26,29,32-36,39,41H,13-16H2,1-2H3/b9-5+,10-6+/t17?,18?,25-,26-,29?,31?/m1/s1. The molecule has 1 aliphatic rings. The molecule has 45 heavy (non-hydrogen) atoms. The largest absolute Gasteiger partial charge is 0.504 e. The van der Waals surface area contributed by atoms with E-state index in [2.05, 4.69) is 0 Å². The predicted molar refractivity (Wildman–Crippen MR) is 156 cm³/mol. The number of hydrogen-bond acceptors (Lipinski definition) is 14. The Hall–Kier alpha value is -4.63. The Morgan fingerprint density at radius 3 is 1.71 bits per heavy atom. The molecule has 0 aromatic heterocycles. The highest BCUT2D eigenvalue weighted by molar-refractivity contribution is 5.88. The maximum atomic E-state index is 13.1. The second-order valence-corrected chi connectivity index (χ2v) is 10.6. The van der Waals surface area contributed by atoms with Crippen molar-refractivity contribution in [3.63, 3.8) is 0 Å². The van der Waals surface area contributed by atoms with Crippen molar-refractivity contribution in [3.05, 3.63) is 59.7 Å². The Balaban J connectivity index is 1.77. The summed E-state index contributed by atoms with van der Waals surface area (Å²) in [6, 6.07) is 7.56. The van der Waals surface area contributed by atoms with Crippen molar-refractivity contribution in [2.24, 2.45) is 0 Å². The van der Waals surface area contributed by atoms with Gasteiger partial charge in [0.1, 0.15) is 24.4 Å². The summed E-state index contributed by atoms with van der Waals surface area (Å²) in [6.07, 6.45) is -3.28. The van der Waals surface area contributed by atoms with E-state index in [9.17, 15) is 50.1 Å². The van der Waals surface area contributed by atoms with Gasteiger partial charge >= 0.3 is 17.9 Å². The molecule has 14 nitrogen and oxygen atoms in total. The summed E-state index contributed by atoms with van der Waals surface area (Å²) in [6.45, 7) is 2.85. The van der Waals surface area contributed by atoms with Crippen molar-refractivity contribution in [3.8, 4) is 23.0 Å². The van der Waals surface area contributed by atoms with Gasteiger partial charge in [0.25, 0.3) is 0 Å². The van der Waals surface area contributed by atoms with Crippen molar-refractivity contribution in [2.75, 3.05) is 13.2 Å². The third kappa shape index (κ3) is 10.2. The van der Waals surface area contributed by atoms with Gasteiger partial charge in [0, 0.05) is 25.0 Å². The molecule has 1 saturated carbocycles. The number of phenols is 4. The molecule has 0 aliphatic heterocycles. The van der Waals surface area contributed by atoms with Crippen LogP contribution in [0, 0.1) is 0 Å². The molecule has 1 fully saturated rings. The molecule has 2 aromatic rings. The smallest absolute Gasteiger partial charge is 0.338 e. The molecular formula is C31H36O14. The number of hydrogen-bond donors (Lipinski definition) is 7. The van der Waals surface area contributed by atoms with Crippen LogP contribution in [0.1, 0.15) is 37.8 Å². The van der Waals surface area contributed by atoms with Crippen molar-refractivity contribution >= 4 is 30.1 Å².